The summed E-state index contributed by atoms with van der Waals surface area (Å²) in [6.45, 7) is 9.76. The molecular formula is C21H30N6O3. The largest absolute Gasteiger partial charge is 0.504 e. The van der Waals surface area contributed by atoms with E-state index >= 15 is 0 Å². The number of hydrogen-bond acceptors (Lipinski definition) is 8. The molecule has 0 spiro atoms. The van der Waals surface area contributed by atoms with Crippen molar-refractivity contribution in [1.29, 1.82) is 0 Å². The fraction of sp³-hybridized carbons (Fsp3) is 0.476. The van der Waals surface area contributed by atoms with Crippen LogP contribution in [0.25, 0.3) is 11.2 Å². The van der Waals surface area contributed by atoms with Gasteiger partial charge in [0.2, 0.25) is 5.95 Å². The van der Waals surface area contributed by atoms with Gasteiger partial charge in [-0.3, -0.25) is 0 Å². The van der Waals surface area contributed by atoms with Crippen LogP contribution in [-0.2, 0) is 6.54 Å². The zero-order valence-electron chi connectivity index (χ0n) is 18.3. The lowest BCUT2D eigenvalue weighted by Gasteiger charge is -2.26. The number of fused-ring (bicyclic) bond motifs is 1. The highest BCUT2D eigenvalue weighted by Gasteiger charge is 2.24. The van der Waals surface area contributed by atoms with Crippen molar-refractivity contribution < 1.29 is 14.9 Å². The zero-order chi connectivity index (χ0) is 22.1. The molecule has 1 aromatic carbocycles. The first-order valence-corrected chi connectivity index (χ1v) is 9.94. The van der Waals surface area contributed by atoms with Gasteiger partial charge in [-0.05, 0) is 40.7 Å². The van der Waals surface area contributed by atoms with E-state index < -0.39 is 5.60 Å². The number of hydrogen-bond donors (Lipinski definition) is 4. The molecule has 0 saturated heterocycles. The van der Waals surface area contributed by atoms with Crippen LogP contribution < -0.4 is 15.4 Å². The number of methoxy groups -OCH3 is 1. The Morgan fingerprint density at radius 3 is 2.57 bits per heavy atom. The van der Waals surface area contributed by atoms with E-state index in [9.17, 15) is 10.2 Å². The summed E-state index contributed by atoms with van der Waals surface area (Å²) in [7, 11) is 1.51. The second kappa shape index (κ2) is 8.35. The second-order valence-electron chi connectivity index (χ2n) is 8.15. The molecule has 9 heteroatoms. The van der Waals surface area contributed by atoms with Crippen LogP contribution in [0.15, 0.2) is 24.5 Å². The molecule has 0 saturated carbocycles. The number of nitrogens with one attached hydrogen (secondary N) is 2. The van der Waals surface area contributed by atoms with Crippen LogP contribution in [-0.4, -0.2) is 48.5 Å². The number of ether oxygens (including phenoxy) is 1. The summed E-state index contributed by atoms with van der Waals surface area (Å²) in [5.74, 6) is 1.41. The number of para-hydroxylation sites is 1. The molecule has 1 atom stereocenters. The van der Waals surface area contributed by atoms with Gasteiger partial charge in [0, 0.05) is 18.2 Å². The Bertz CT molecular complexity index is 1030. The monoisotopic (exact) mass is 414 g/mol. The Hall–Kier alpha value is -3.07. The maximum absolute atomic E-state index is 10.4. The number of nitrogens with zero attached hydrogens (tertiary/aromatic N) is 4. The maximum atomic E-state index is 10.4. The molecule has 2 heterocycles. The Morgan fingerprint density at radius 2 is 1.93 bits per heavy atom. The van der Waals surface area contributed by atoms with E-state index in [4.69, 9.17) is 4.74 Å². The minimum absolute atomic E-state index is 0.0829. The first-order chi connectivity index (χ1) is 14.1. The summed E-state index contributed by atoms with van der Waals surface area (Å²) < 4.78 is 7.14. The van der Waals surface area contributed by atoms with Gasteiger partial charge >= 0.3 is 0 Å². The van der Waals surface area contributed by atoms with Crippen LogP contribution >= 0.6 is 0 Å². The molecule has 4 N–H and O–H groups in total. The number of aromatic hydroxyl groups is 1. The van der Waals surface area contributed by atoms with Crippen LogP contribution in [0.5, 0.6) is 11.5 Å². The number of aromatic nitrogens is 4. The fourth-order valence-corrected chi connectivity index (χ4v) is 2.91. The average Bonchev–Trinajstić information content (AvgIpc) is 3.10. The number of phenolic OH excluding ortho intramolecular Hbond substituents is 1. The molecule has 162 valence electrons. The third kappa shape index (κ3) is 4.40. The van der Waals surface area contributed by atoms with E-state index in [1.807, 2.05) is 23.6 Å². The van der Waals surface area contributed by atoms with E-state index in [2.05, 4.69) is 39.4 Å². The molecular weight excluding hydrogens is 384 g/mol. The van der Waals surface area contributed by atoms with Crippen LogP contribution in [0, 0.1) is 0 Å². The quantitative estimate of drug-likeness (QED) is 0.443. The number of anilines is 2. The van der Waals surface area contributed by atoms with Gasteiger partial charge in [0.15, 0.2) is 28.5 Å². The minimum atomic E-state index is -0.948. The molecule has 0 amide bonds. The van der Waals surface area contributed by atoms with Gasteiger partial charge in [-0.25, -0.2) is 4.98 Å². The van der Waals surface area contributed by atoms with Crippen molar-refractivity contribution in [3.05, 3.63) is 30.1 Å². The summed E-state index contributed by atoms with van der Waals surface area (Å²) in [6.07, 6.45) is 1.74. The Kier molecular flexibility index (Phi) is 6.02. The first kappa shape index (κ1) is 21.6. The van der Waals surface area contributed by atoms with E-state index in [0.717, 1.165) is 0 Å². The van der Waals surface area contributed by atoms with Crippen LogP contribution in [0.2, 0.25) is 0 Å². The van der Waals surface area contributed by atoms with Gasteiger partial charge in [0.25, 0.3) is 0 Å². The Labute approximate surface area is 176 Å². The lowest BCUT2D eigenvalue weighted by atomic mass is 10.0. The first-order valence-electron chi connectivity index (χ1n) is 9.94. The molecule has 3 rings (SSSR count). The third-order valence-electron chi connectivity index (χ3n) is 5.13. The summed E-state index contributed by atoms with van der Waals surface area (Å²) in [4.78, 5) is 13.7. The maximum Gasteiger partial charge on any atom is 0.227 e. The normalized spacial score (nSPS) is 12.9. The van der Waals surface area contributed by atoms with Crippen LogP contribution in [0.3, 0.4) is 0 Å². The smallest absolute Gasteiger partial charge is 0.227 e. The van der Waals surface area contributed by atoms with Crippen molar-refractivity contribution in [3.63, 3.8) is 0 Å². The lowest BCUT2D eigenvalue weighted by Crippen LogP contribution is -2.39. The SMILES string of the molecule is COc1cccc(CNc2nc(NC(C)C(C)(C)O)nc3c2ncn3C(C)C)c1O. The predicted octanol–water partition coefficient (Wildman–Crippen LogP) is 3.30. The highest BCUT2D eigenvalue weighted by molar-refractivity contribution is 5.84. The number of rotatable bonds is 8. The molecule has 0 radical (unpaired) electrons. The van der Waals surface area contributed by atoms with Crippen molar-refractivity contribution >= 4 is 22.9 Å². The van der Waals surface area contributed by atoms with Crippen LogP contribution in [0.1, 0.15) is 46.2 Å². The highest BCUT2D eigenvalue weighted by atomic mass is 16.5. The predicted molar refractivity (Wildman–Crippen MR) is 117 cm³/mol. The van der Waals surface area contributed by atoms with Gasteiger partial charge in [0.05, 0.1) is 25.1 Å². The lowest BCUT2D eigenvalue weighted by molar-refractivity contribution is 0.0646. The van der Waals surface area contributed by atoms with Gasteiger partial charge < -0.3 is 30.2 Å². The van der Waals surface area contributed by atoms with Crippen molar-refractivity contribution in [2.24, 2.45) is 0 Å². The average molecular weight is 415 g/mol. The number of phenols is 1. The minimum Gasteiger partial charge on any atom is -0.504 e. The van der Waals surface area contributed by atoms with Crippen molar-refractivity contribution in [2.45, 2.75) is 58.8 Å². The highest BCUT2D eigenvalue weighted by Crippen LogP contribution is 2.31. The second-order valence-corrected chi connectivity index (χ2v) is 8.15. The van der Waals surface area contributed by atoms with Crippen molar-refractivity contribution in [2.75, 3.05) is 17.7 Å². The van der Waals surface area contributed by atoms with Gasteiger partial charge in [-0.1, -0.05) is 12.1 Å². The zero-order valence-corrected chi connectivity index (χ0v) is 18.3. The van der Waals surface area contributed by atoms with Crippen LogP contribution in [0.4, 0.5) is 11.8 Å². The van der Waals surface area contributed by atoms with E-state index in [-0.39, 0.29) is 17.8 Å². The molecule has 0 bridgehead atoms. The van der Waals surface area contributed by atoms with E-state index in [1.54, 1.807) is 26.2 Å². The molecule has 0 aliphatic carbocycles. The molecule has 3 aromatic rings. The van der Waals surface area contributed by atoms with Gasteiger partial charge in [-0.2, -0.15) is 9.97 Å². The van der Waals surface area contributed by atoms with E-state index in [1.165, 1.54) is 7.11 Å². The molecule has 0 fully saturated rings. The number of imidazole rings is 1. The Morgan fingerprint density at radius 1 is 1.20 bits per heavy atom. The molecule has 0 aliphatic heterocycles. The van der Waals surface area contributed by atoms with Gasteiger partial charge in [0.1, 0.15) is 0 Å². The molecule has 9 nitrogen and oxygen atoms in total. The summed E-state index contributed by atoms with van der Waals surface area (Å²) in [5, 5.41) is 27.1. The summed E-state index contributed by atoms with van der Waals surface area (Å²) in [5.41, 5.74) is 1.04. The molecule has 30 heavy (non-hydrogen) atoms. The topological polar surface area (TPSA) is 117 Å². The standard InChI is InChI=1S/C21H30N6O3/c1-12(2)27-11-23-16-18(22-10-14-8-7-9-15(30-6)17(14)28)25-20(26-19(16)27)24-13(3)21(4,5)29/h7-9,11-13,28-29H,10H2,1-6H3,(H2,22,24,25,26). The fourth-order valence-electron chi connectivity index (χ4n) is 2.91. The third-order valence-corrected chi connectivity index (χ3v) is 5.13. The summed E-state index contributed by atoms with van der Waals surface area (Å²) in [6, 6.07) is 5.22. The number of aliphatic hydroxyl groups is 1. The van der Waals surface area contributed by atoms with Crippen molar-refractivity contribution in [1.82, 2.24) is 19.5 Å². The van der Waals surface area contributed by atoms with Crippen molar-refractivity contribution in [3.8, 4) is 11.5 Å². The molecule has 2 aromatic heterocycles. The number of benzene rings is 1. The Balaban J connectivity index is 1.98. The molecule has 0 aliphatic rings. The summed E-state index contributed by atoms with van der Waals surface area (Å²) >= 11 is 0. The van der Waals surface area contributed by atoms with Gasteiger partial charge in [-0.15, -0.1) is 0 Å². The van der Waals surface area contributed by atoms with E-state index in [0.29, 0.717) is 40.8 Å². The molecule has 1 unspecified atom stereocenters.